The number of nitrogens with zero attached hydrogens (tertiary/aromatic N) is 1. The highest BCUT2D eigenvalue weighted by Gasteiger charge is 2.66. The van der Waals surface area contributed by atoms with E-state index in [0.717, 1.165) is 12.0 Å². The topological polar surface area (TPSA) is 72.9 Å². The van der Waals surface area contributed by atoms with Gasteiger partial charge in [-0.1, -0.05) is 56.1 Å². The van der Waals surface area contributed by atoms with Gasteiger partial charge in [-0.3, -0.25) is 9.59 Å². The van der Waals surface area contributed by atoms with Gasteiger partial charge in [0.05, 0.1) is 17.5 Å². The van der Waals surface area contributed by atoms with Gasteiger partial charge in [-0.05, 0) is 48.9 Å². The van der Waals surface area contributed by atoms with E-state index in [2.05, 4.69) is 31.9 Å². The van der Waals surface area contributed by atoms with Crippen LogP contribution in [0.3, 0.4) is 0 Å². The Kier molecular flexibility index (Phi) is 5.61. The number of esters is 1. The number of carbonyl (C=O) groups is 3. The molecule has 166 valence electrons. The first kappa shape index (κ1) is 21.6. The number of alkyl halides is 2. The Hall–Kier alpha value is -2.19. The molecule has 0 aromatic heterocycles. The van der Waals surface area contributed by atoms with E-state index in [0.29, 0.717) is 11.4 Å². The highest BCUT2D eigenvalue weighted by molar-refractivity contribution is 9.12. The fraction of sp³-hybridized carbons (Fsp3) is 0.375. The lowest BCUT2D eigenvalue weighted by molar-refractivity contribution is -0.136. The van der Waals surface area contributed by atoms with Crippen LogP contribution in [0.25, 0.3) is 0 Å². The zero-order chi connectivity index (χ0) is 22.6. The normalized spacial score (nSPS) is 30.5. The Morgan fingerprint density at radius 1 is 1.00 bits per heavy atom. The van der Waals surface area contributed by atoms with Crippen molar-refractivity contribution in [2.45, 2.75) is 23.0 Å². The Labute approximate surface area is 202 Å². The number of para-hydroxylation sites is 1. The third-order valence-corrected chi connectivity index (χ3v) is 9.94. The van der Waals surface area contributed by atoms with Crippen LogP contribution >= 0.6 is 31.9 Å². The number of hydrogen-bond donors (Lipinski definition) is 0. The Bertz CT molecular complexity index is 1070. The van der Waals surface area contributed by atoms with E-state index in [1.54, 1.807) is 30.3 Å². The first-order chi connectivity index (χ1) is 15.4. The van der Waals surface area contributed by atoms with Crippen LogP contribution in [-0.2, 0) is 14.4 Å². The molecule has 5 rings (SSSR count). The second-order valence-corrected chi connectivity index (χ2v) is 10.7. The van der Waals surface area contributed by atoms with Crippen LogP contribution in [-0.4, -0.2) is 34.0 Å². The number of amides is 2. The fourth-order valence-corrected chi connectivity index (χ4v) is 7.18. The maximum Gasteiger partial charge on any atom is 0.349 e. The third-order valence-electron chi connectivity index (χ3n) is 6.73. The van der Waals surface area contributed by atoms with E-state index in [9.17, 15) is 14.4 Å². The molecule has 0 radical (unpaired) electrons. The van der Waals surface area contributed by atoms with Gasteiger partial charge >= 0.3 is 5.97 Å². The number of fused-ring (bicyclic) bond motifs is 5. The molecule has 8 heteroatoms. The van der Waals surface area contributed by atoms with Gasteiger partial charge < -0.3 is 9.47 Å². The summed E-state index contributed by atoms with van der Waals surface area (Å²) < 4.78 is 10.9. The maximum absolute atomic E-state index is 13.2. The molecule has 6 nitrogen and oxygen atoms in total. The van der Waals surface area contributed by atoms with Crippen molar-refractivity contribution in [3.8, 4) is 11.5 Å². The van der Waals surface area contributed by atoms with Crippen molar-refractivity contribution in [1.82, 2.24) is 0 Å². The van der Waals surface area contributed by atoms with Gasteiger partial charge in [-0.15, -0.1) is 0 Å². The highest BCUT2D eigenvalue weighted by Crippen LogP contribution is 2.60. The summed E-state index contributed by atoms with van der Waals surface area (Å²) in [4.78, 5) is 40.3. The number of carbonyl (C=O) groups excluding carboxylic acids is 3. The highest BCUT2D eigenvalue weighted by atomic mass is 79.9. The number of imide groups is 1. The summed E-state index contributed by atoms with van der Waals surface area (Å²) in [7, 11) is 0. The largest absolute Gasteiger partial charge is 0.482 e. The van der Waals surface area contributed by atoms with Crippen molar-refractivity contribution in [3.05, 3.63) is 54.1 Å². The summed E-state index contributed by atoms with van der Waals surface area (Å²) >= 11 is 7.39. The molecule has 1 aliphatic heterocycles. The number of halogens is 2. The SMILES string of the molecule is Cc1ccccc1OCC(=O)Oc1cccc(N2C(=O)C3C4CC(C(Br)C4Br)C3C2=O)c1. The lowest BCUT2D eigenvalue weighted by Gasteiger charge is -2.28. The van der Waals surface area contributed by atoms with E-state index >= 15 is 0 Å². The smallest absolute Gasteiger partial charge is 0.349 e. The zero-order valence-electron chi connectivity index (χ0n) is 17.2. The molecule has 1 heterocycles. The first-order valence-electron chi connectivity index (χ1n) is 10.5. The molecular formula is C24H21Br2NO5. The number of aryl methyl sites for hydroxylation is 1. The molecule has 2 amide bonds. The van der Waals surface area contributed by atoms with Gasteiger partial charge in [-0.2, -0.15) is 0 Å². The Morgan fingerprint density at radius 2 is 1.66 bits per heavy atom. The molecule has 6 atom stereocenters. The van der Waals surface area contributed by atoms with Gasteiger partial charge in [-0.25, -0.2) is 9.69 Å². The molecule has 6 unspecified atom stereocenters. The molecule has 2 aliphatic carbocycles. The predicted octanol–water partition coefficient (Wildman–Crippen LogP) is 4.26. The van der Waals surface area contributed by atoms with Crippen LogP contribution in [0.5, 0.6) is 11.5 Å². The molecule has 2 aromatic carbocycles. The summed E-state index contributed by atoms with van der Waals surface area (Å²) in [5, 5.41) is 0. The monoisotopic (exact) mass is 561 g/mol. The molecular weight excluding hydrogens is 542 g/mol. The zero-order valence-corrected chi connectivity index (χ0v) is 20.4. The van der Waals surface area contributed by atoms with Crippen LogP contribution < -0.4 is 14.4 Å². The number of ether oxygens (including phenoxy) is 2. The van der Waals surface area contributed by atoms with Crippen LogP contribution in [0, 0.1) is 30.6 Å². The van der Waals surface area contributed by atoms with Gasteiger partial charge in [0.25, 0.3) is 0 Å². The van der Waals surface area contributed by atoms with Crippen LogP contribution in [0.15, 0.2) is 48.5 Å². The molecule has 1 saturated heterocycles. The van der Waals surface area contributed by atoms with E-state index in [4.69, 9.17) is 9.47 Å². The van der Waals surface area contributed by atoms with Crippen LogP contribution in [0.4, 0.5) is 5.69 Å². The second-order valence-electron chi connectivity index (χ2n) is 8.54. The van der Waals surface area contributed by atoms with Crippen molar-refractivity contribution in [3.63, 3.8) is 0 Å². The lowest BCUT2D eigenvalue weighted by atomic mass is 9.81. The molecule has 2 aromatic rings. The molecule has 0 N–H and O–H groups in total. The van der Waals surface area contributed by atoms with E-state index in [1.165, 1.54) is 4.90 Å². The summed E-state index contributed by atoms with van der Waals surface area (Å²) in [6.45, 7) is 1.65. The summed E-state index contributed by atoms with van der Waals surface area (Å²) in [5.74, 6) is -0.306. The second kappa shape index (κ2) is 8.30. The first-order valence-corrected chi connectivity index (χ1v) is 12.3. The minimum Gasteiger partial charge on any atom is -0.482 e. The van der Waals surface area contributed by atoms with Crippen molar-refractivity contribution in [1.29, 1.82) is 0 Å². The van der Waals surface area contributed by atoms with Gasteiger partial charge in [0.2, 0.25) is 11.8 Å². The van der Waals surface area contributed by atoms with Gasteiger partial charge in [0, 0.05) is 15.7 Å². The minimum absolute atomic E-state index is 0.149. The average Bonchev–Trinajstić information content (AvgIpc) is 3.38. The summed E-state index contributed by atoms with van der Waals surface area (Å²) in [6.07, 6.45) is 0.880. The fourth-order valence-electron chi connectivity index (χ4n) is 5.31. The van der Waals surface area contributed by atoms with Gasteiger partial charge in [0.1, 0.15) is 11.5 Å². The Morgan fingerprint density at radius 3 is 2.31 bits per heavy atom. The van der Waals surface area contributed by atoms with Crippen molar-refractivity contribution >= 4 is 55.3 Å². The lowest BCUT2D eigenvalue weighted by Crippen LogP contribution is -2.37. The molecule has 0 spiro atoms. The van der Waals surface area contributed by atoms with Crippen molar-refractivity contribution in [2.75, 3.05) is 11.5 Å². The van der Waals surface area contributed by atoms with Crippen molar-refractivity contribution in [2.24, 2.45) is 23.7 Å². The van der Waals surface area contributed by atoms with E-state index in [1.807, 2.05) is 25.1 Å². The van der Waals surface area contributed by atoms with E-state index < -0.39 is 5.97 Å². The molecule has 32 heavy (non-hydrogen) atoms. The van der Waals surface area contributed by atoms with Crippen molar-refractivity contribution < 1.29 is 23.9 Å². The molecule has 3 aliphatic rings. The molecule has 3 fully saturated rings. The van der Waals surface area contributed by atoms with Crippen LogP contribution in [0.2, 0.25) is 0 Å². The number of hydrogen-bond acceptors (Lipinski definition) is 5. The predicted molar refractivity (Wildman–Crippen MR) is 125 cm³/mol. The van der Waals surface area contributed by atoms with Gasteiger partial charge in [0.15, 0.2) is 6.61 Å². The number of anilines is 1. The Balaban J connectivity index is 1.29. The third kappa shape index (κ3) is 3.48. The standard InChI is InChI=1S/C24H21Br2NO5/c1-12-5-2-3-8-17(12)31-11-18(28)32-14-7-4-6-13(9-14)27-23(29)19-15-10-16(20(19)24(27)30)22(26)21(15)25/h2-9,15-16,19-22H,10-11H2,1H3. The average molecular weight is 563 g/mol. The number of rotatable bonds is 5. The quantitative estimate of drug-likeness (QED) is 0.236. The van der Waals surface area contributed by atoms with Crippen LogP contribution in [0.1, 0.15) is 12.0 Å². The minimum atomic E-state index is -0.566. The molecule has 2 saturated carbocycles. The maximum atomic E-state index is 13.2. The number of benzene rings is 2. The molecule has 2 bridgehead atoms. The van der Waals surface area contributed by atoms with E-state index in [-0.39, 0.29) is 57.5 Å². The summed E-state index contributed by atoms with van der Waals surface area (Å²) in [5.41, 5.74) is 1.35. The summed E-state index contributed by atoms with van der Waals surface area (Å²) in [6, 6.07) is 13.9.